The number of amides is 4. The number of hydrogen-bond donors (Lipinski definition) is 0. The third-order valence-corrected chi connectivity index (χ3v) is 51.9. The molecule has 0 saturated carbocycles. The van der Waals surface area contributed by atoms with Gasteiger partial charge in [0.15, 0.2) is 0 Å². The van der Waals surface area contributed by atoms with Gasteiger partial charge in [-0.3, -0.25) is 29.0 Å². The average Bonchev–Trinajstić information content (AvgIpc) is 1.55. The fourth-order valence-corrected chi connectivity index (χ4v) is 46.1. The summed E-state index contributed by atoms with van der Waals surface area (Å²) in [7, 11) is -3.67. The maximum atomic E-state index is 14.1. The Hall–Kier alpha value is -1.33. The van der Waals surface area contributed by atoms with Crippen LogP contribution in [-0.2, 0) is 0 Å². The van der Waals surface area contributed by atoms with E-state index in [-0.39, 0.29) is 23.6 Å². The third kappa shape index (κ3) is 19.2. The molecule has 0 aliphatic carbocycles. The molecule has 6 unspecified atom stereocenters. The van der Waals surface area contributed by atoms with Crippen LogP contribution in [0.2, 0.25) is 39.0 Å². The fourth-order valence-electron chi connectivity index (χ4n) is 16.5. The van der Waals surface area contributed by atoms with Gasteiger partial charge in [-0.1, -0.05) is 151 Å². The van der Waals surface area contributed by atoms with Gasteiger partial charge in [-0.15, -0.1) is 45.3 Å². The van der Waals surface area contributed by atoms with Crippen LogP contribution in [0.3, 0.4) is 0 Å². The first kappa shape index (κ1) is 83.3. The largest absolute Gasteiger partial charge is 0.274 e. The SMILES string of the molecule is CCCCC(CC)CN1C(=O)c2c(Br)sc(Br)c2C1=O.CCCCCCCC[Si]1(CC(CC)CCCC)c2cc(C)sc2-c2s[c]([Sn]([CH3])([CH3])[CH3])cc21.CCCCCCCC[Si]1(CC(CC)CCCC)c2cc(C)sc2-c2sc(-c3sc(C)c4c3C(=O)N(CC(CC)CCCC)C4=O)cc21. The van der Waals surface area contributed by atoms with Crippen molar-refractivity contribution >= 4 is 182 Å². The van der Waals surface area contributed by atoms with E-state index in [1.54, 1.807) is 41.2 Å². The number of nitrogens with zero attached hydrogens (tertiary/aromatic N) is 2. The van der Waals surface area contributed by atoms with Crippen LogP contribution in [-0.4, -0.2) is 81.0 Å². The molecule has 6 aromatic heterocycles. The van der Waals surface area contributed by atoms with E-state index in [2.05, 4.69) is 184 Å². The second-order valence-electron chi connectivity index (χ2n) is 31.0. The van der Waals surface area contributed by atoms with Gasteiger partial charge in [0, 0.05) is 37.5 Å². The van der Waals surface area contributed by atoms with Crippen LogP contribution in [0.25, 0.3) is 29.3 Å². The molecule has 6 atom stereocenters. The summed E-state index contributed by atoms with van der Waals surface area (Å²) >= 11 is 16.0. The second-order valence-corrected chi connectivity index (χ2v) is 64.2. The molecule has 6 aromatic rings. The minimum absolute atomic E-state index is 0.0540. The topological polar surface area (TPSA) is 74.8 Å². The van der Waals surface area contributed by atoms with Crippen molar-refractivity contribution in [1.29, 1.82) is 0 Å². The van der Waals surface area contributed by atoms with Gasteiger partial charge in [-0.25, -0.2) is 0 Å². The van der Waals surface area contributed by atoms with Gasteiger partial charge < -0.3 is 0 Å². The number of aryl methyl sites for hydroxylation is 3. The molecule has 0 fully saturated rings. The van der Waals surface area contributed by atoms with Crippen molar-refractivity contribution < 1.29 is 19.2 Å². The molecule has 4 amide bonds. The average molecular weight is 1730 g/mol. The molecule has 6 nitrogen and oxygen atoms in total. The smallest absolute Gasteiger partial charge is 0.263 e. The number of thiophene rings is 6. The van der Waals surface area contributed by atoms with Gasteiger partial charge in [-0.05, 0) is 111 Å². The number of imide groups is 2. The van der Waals surface area contributed by atoms with Gasteiger partial charge in [-0.2, -0.15) is 0 Å². The summed E-state index contributed by atoms with van der Waals surface area (Å²) in [6.07, 6.45) is 36.1. The summed E-state index contributed by atoms with van der Waals surface area (Å²) in [6, 6.07) is 16.3. The van der Waals surface area contributed by atoms with Gasteiger partial charge in [0.1, 0.15) is 8.07 Å². The van der Waals surface area contributed by atoms with Crippen molar-refractivity contribution in [1.82, 2.24) is 9.80 Å². The van der Waals surface area contributed by atoms with E-state index in [1.165, 1.54) is 188 Å². The van der Waals surface area contributed by atoms with Gasteiger partial charge >= 0.3 is 214 Å². The van der Waals surface area contributed by atoms with Crippen LogP contribution in [0.15, 0.2) is 31.8 Å². The molecular weight excluding hydrogens is 1600 g/mol. The second kappa shape index (κ2) is 39.0. The number of carbonyl (C=O) groups excluding carboxylic acids is 4. The van der Waals surface area contributed by atoms with Crippen molar-refractivity contribution in [2.45, 2.75) is 309 Å². The Bertz CT molecular complexity index is 3610. The van der Waals surface area contributed by atoms with Crippen LogP contribution in [0.5, 0.6) is 0 Å². The Balaban J connectivity index is 0.000000207. The van der Waals surface area contributed by atoms with E-state index < -0.39 is 34.5 Å². The van der Waals surface area contributed by atoms with Gasteiger partial charge in [0.05, 0.1) is 34.7 Å². The minimum Gasteiger partial charge on any atom is -0.274 e. The minimum atomic E-state index is -2.07. The Morgan fingerprint density at radius 2 is 0.737 bits per heavy atom. The zero-order chi connectivity index (χ0) is 71.9. The Labute approximate surface area is 647 Å². The molecule has 0 bridgehead atoms. The molecule has 0 radical (unpaired) electrons. The molecule has 0 N–H and O–H groups in total. The van der Waals surface area contributed by atoms with E-state index in [4.69, 9.17) is 0 Å². The quantitative estimate of drug-likeness (QED) is 0.0218. The molecular formula is C82H124Br2N2O4S6Si2Sn. The summed E-state index contributed by atoms with van der Waals surface area (Å²) in [5.41, 5.74) is 2.43. The first-order valence-electron chi connectivity index (χ1n) is 39.4. The first-order valence-corrected chi connectivity index (χ1v) is 60.7. The maximum Gasteiger partial charge on any atom is 0.263 e. The predicted octanol–water partition coefficient (Wildman–Crippen LogP) is 26.0. The van der Waals surface area contributed by atoms with E-state index in [0.29, 0.717) is 47.2 Å². The Morgan fingerprint density at radius 1 is 0.384 bits per heavy atom. The van der Waals surface area contributed by atoms with Gasteiger partial charge in [0.25, 0.3) is 23.6 Å². The number of unbranched alkanes of at least 4 members (excludes halogenated alkanes) is 14. The fraction of sp³-hybridized carbons (Fsp3) is 0.659. The molecule has 0 saturated heterocycles. The predicted molar refractivity (Wildman–Crippen MR) is 455 cm³/mol. The molecule has 10 heterocycles. The van der Waals surface area contributed by atoms with Crippen molar-refractivity contribution in [2.24, 2.45) is 23.7 Å². The van der Waals surface area contributed by atoms with E-state index in [1.807, 2.05) is 35.9 Å². The van der Waals surface area contributed by atoms with E-state index in [0.717, 1.165) is 80.5 Å². The molecule has 0 aromatic carbocycles. The number of hydrogen-bond acceptors (Lipinski definition) is 10. The third-order valence-electron chi connectivity index (χ3n) is 22.6. The van der Waals surface area contributed by atoms with Gasteiger partial charge in [0.2, 0.25) is 0 Å². The number of fused-ring (bicyclic) bond motifs is 8. The molecule has 0 spiro atoms. The number of halogens is 2. The summed E-state index contributed by atoms with van der Waals surface area (Å²) in [4.78, 5) is 76.3. The van der Waals surface area contributed by atoms with Crippen molar-refractivity contribution in [2.75, 3.05) is 13.1 Å². The summed E-state index contributed by atoms with van der Waals surface area (Å²) in [5, 5.41) is 7.13. The Kier molecular flexibility index (Phi) is 32.8. The monoisotopic (exact) mass is 1730 g/mol. The molecule has 4 aliphatic heterocycles. The van der Waals surface area contributed by atoms with Crippen LogP contribution in [0, 0.1) is 44.4 Å². The standard InChI is InChI=1S/C40H59NO2S3Si.C25H39S2Si.C14H17Br2NO2S.3CH3.Sn/c1-8-13-16-17-18-19-22-47(26-30(12-5)21-15-10-3)32-23-27(6)44-37(32)38-33(47)24-31(46-38)36-35-34(28(7)45-36)39(42)41(40(35)43)25-29(11-4)20-14-9-2;1-5-8-10-11-12-13-17-28(19-21(7-3)14-9-6-2)22-15-16-26-24(22)25-23(28)18-20(4)27-25;1-3-5-6-8(4-2)7-17-13(18)9-10(14(17)19)12(16)20-11(9)15;;;;/h23-24,29-30H,8-22,25-26H2,1-7H3;15,18,21H,5-14,17,19H2,1-4H3;8H,3-7H2,1-2H3;3*1H3;. The molecule has 17 heteroatoms. The van der Waals surface area contributed by atoms with E-state index in [9.17, 15) is 19.2 Å². The summed E-state index contributed by atoms with van der Waals surface area (Å²) in [5.74, 6) is 2.02. The molecule has 10 rings (SSSR count). The van der Waals surface area contributed by atoms with E-state index >= 15 is 0 Å². The van der Waals surface area contributed by atoms with Crippen LogP contribution in [0.4, 0.5) is 0 Å². The van der Waals surface area contributed by atoms with Crippen LogP contribution < -0.4 is 23.6 Å². The molecule has 548 valence electrons. The summed E-state index contributed by atoms with van der Waals surface area (Å²) < 4.78 is 3.30. The summed E-state index contributed by atoms with van der Waals surface area (Å²) in [6.45, 7) is 30.7. The first-order chi connectivity index (χ1) is 47.5. The van der Waals surface area contributed by atoms with Crippen LogP contribution >= 0.6 is 99.9 Å². The van der Waals surface area contributed by atoms with Crippen molar-refractivity contribution in [3.05, 3.63) is 68.7 Å². The zero-order valence-corrected chi connectivity index (χ0v) is 76.8. The molecule has 99 heavy (non-hydrogen) atoms. The Morgan fingerprint density at radius 3 is 1.15 bits per heavy atom. The zero-order valence-electron chi connectivity index (χ0n) is 63.9. The normalized spacial score (nSPS) is 17.9. The van der Waals surface area contributed by atoms with Crippen molar-refractivity contribution in [3.63, 3.8) is 0 Å². The maximum absolute atomic E-state index is 14.1. The molecule has 4 aliphatic rings. The van der Waals surface area contributed by atoms with Crippen molar-refractivity contribution in [3.8, 4) is 29.3 Å². The number of carbonyl (C=O) groups is 4. The number of rotatable bonds is 40. The van der Waals surface area contributed by atoms with Crippen LogP contribution in [0.1, 0.15) is 305 Å².